The van der Waals surface area contributed by atoms with Gasteiger partial charge in [0.05, 0.1) is 11.4 Å². The number of anilines is 1. The van der Waals surface area contributed by atoms with Crippen molar-refractivity contribution in [1.29, 1.82) is 0 Å². The van der Waals surface area contributed by atoms with E-state index in [1.54, 1.807) is 32.4 Å². The maximum absolute atomic E-state index is 12.5. The van der Waals surface area contributed by atoms with Crippen LogP contribution in [0.4, 0.5) is 5.95 Å². The quantitative estimate of drug-likeness (QED) is 0.703. The minimum Gasteiger partial charge on any atom is -0.317 e. The number of sulfonamides is 1. The van der Waals surface area contributed by atoms with Crippen molar-refractivity contribution in [2.45, 2.75) is 26.7 Å². The third-order valence-electron chi connectivity index (χ3n) is 4.36. The van der Waals surface area contributed by atoms with Gasteiger partial charge in [0.25, 0.3) is 5.56 Å². The van der Waals surface area contributed by atoms with Gasteiger partial charge in [0.2, 0.25) is 16.0 Å². The fourth-order valence-corrected chi connectivity index (χ4v) is 3.48. The number of benzene rings is 1. The molecule has 27 heavy (non-hydrogen) atoms. The first-order valence-corrected chi connectivity index (χ1v) is 10.5. The molecule has 0 fully saturated rings. The first kappa shape index (κ1) is 19.0. The zero-order valence-electron chi connectivity index (χ0n) is 15.6. The van der Waals surface area contributed by atoms with Crippen LogP contribution in [-0.4, -0.2) is 28.7 Å². The molecule has 0 saturated carbocycles. The summed E-state index contributed by atoms with van der Waals surface area (Å²) >= 11 is 0. The lowest BCUT2D eigenvalue weighted by Crippen LogP contribution is -2.18. The van der Waals surface area contributed by atoms with Gasteiger partial charge in [-0.05, 0) is 30.4 Å². The van der Waals surface area contributed by atoms with E-state index in [9.17, 15) is 13.2 Å². The molecule has 0 aliphatic carbocycles. The van der Waals surface area contributed by atoms with Crippen LogP contribution in [0.5, 0.6) is 0 Å². The van der Waals surface area contributed by atoms with Gasteiger partial charge in [-0.1, -0.05) is 31.5 Å². The maximum atomic E-state index is 12.5. The molecule has 1 aromatic carbocycles. The molecule has 0 aliphatic rings. The smallest absolute Gasteiger partial charge is 0.258 e. The van der Waals surface area contributed by atoms with Crippen LogP contribution in [0.1, 0.15) is 25.8 Å². The van der Waals surface area contributed by atoms with E-state index in [-0.39, 0.29) is 17.3 Å². The molecule has 0 unspecified atom stereocenters. The lowest BCUT2D eigenvalue weighted by molar-refractivity contribution is 0.602. The van der Waals surface area contributed by atoms with Crippen molar-refractivity contribution in [2.24, 2.45) is 7.05 Å². The molecule has 0 saturated heterocycles. The molecule has 0 spiro atoms. The van der Waals surface area contributed by atoms with Gasteiger partial charge in [0, 0.05) is 30.4 Å². The molecule has 3 aromatic rings. The third kappa shape index (κ3) is 3.85. The molecule has 1 N–H and O–H groups in total. The van der Waals surface area contributed by atoms with Crippen LogP contribution < -0.4 is 10.3 Å². The van der Waals surface area contributed by atoms with Crippen molar-refractivity contribution in [3.8, 4) is 11.3 Å². The van der Waals surface area contributed by atoms with Gasteiger partial charge in [0.15, 0.2) is 0 Å². The topological polar surface area (TPSA) is 93.9 Å². The second-order valence-corrected chi connectivity index (χ2v) is 8.34. The van der Waals surface area contributed by atoms with Crippen LogP contribution in [0.25, 0.3) is 22.0 Å². The van der Waals surface area contributed by atoms with Crippen LogP contribution >= 0.6 is 0 Å². The van der Waals surface area contributed by atoms with Gasteiger partial charge >= 0.3 is 0 Å². The minimum absolute atomic E-state index is 0.0321. The Kier molecular flexibility index (Phi) is 5.27. The number of aryl methyl sites for hydroxylation is 2. The first-order chi connectivity index (χ1) is 12.9. The summed E-state index contributed by atoms with van der Waals surface area (Å²) < 4.78 is 27.7. The van der Waals surface area contributed by atoms with Crippen molar-refractivity contribution in [1.82, 2.24) is 14.5 Å². The maximum Gasteiger partial charge on any atom is 0.258 e. The number of pyridine rings is 1. The number of nitrogens with zero attached hydrogens (tertiary/aromatic N) is 3. The second-order valence-electron chi connectivity index (χ2n) is 6.33. The molecule has 0 radical (unpaired) electrons. The monoisotopic (exact) mass is 386 g/mol. The Morgan fingerprint density at radius 3 is 2.52 bits per heavy atom. The largest absolute Gasteiger partial charge is 0.317 e. The summed E-state index contributed by atoms with van der Waals surface area (Å²) in [5.74, 6) is -0.0322. The van der Waals surface area contributed by atoms with Crippen LogP contribution in [0, 0.1) is 0 Å². The summed E-state index contributed by atoms with van der Waals surface area (Å²) in [4.78, 5) is 21.1. The second kappa shape index (κ2) is 7.48. The minimum atomic E-state index is -3.48. The fraction of sp³-hybridized carbons (Fsp3) is 0.316. The zero-order valence-corrected chi connectivity index (χ0v) is 16.4. The third-order valence-corrected chi connectivity index (χ3v) is 5.61. The Labute approximate surface area is 158 Å². The summed E-state index contributed by atoms with van der Waals surface area (Å²) in [6.07, 6.45) is 5.02. The van der Waals surface area contributed by atoms with E-state index in [2.05, 4.69) is 21.6 Å². The summed E-state index contributed by atoms with van der Waals surface area (Å²) in [6, 6.07) is 7.34. The highest BCUT2D eigenvalue weighted by molar-refractivity contribution is 7.92. The van der Waals surface area contributed by atoms with E-state index in [1.807, 2.05) is 18.2 Å². The summed E-state index contributed by atoms with van der Waals surface area (Å²) in [6.45, 7) is 3.60. The number of fused-ring (bicyclic) bond motifs is 1. The lowest BCUT2D eigenvalue weighted by atomic mass is 10.00. The number of hydrogen-bond acceptors (Lipinski definition) is 5. The van der Waals surface area contributed by atoms with Gasteiger partial charge in [-0.2, -0.15) is 0 Å². The summed E-state index contributed by atoms with van der Waals surface area (Å²) in [5, 5.41) is 1.37. The standard InChI is InChI=1S/C19H22N4O3S/c1-4-8-13-11-20-19(22-27(25,26)5-2)21-17(13)16-12-23(3)18(24)15-10-7-6-9-14(15)16/h6-7,9-12H,4-5,8H2,1-3H3,(H,20,21,22). The van der Waals surface area contributed by atoms with Crippen LogP contribution in [0.2, 0.25) is 0 Å². The zero-order chi connectivity index (χ0) is 19.6. The van der Waals surface area contributed by atoms with Crippen molar-refractivity contribution in [3.63, 3.8) is 0 Å². The van der Waals surface area contributed by atoms with Crippen LogP contribution in [0.3, 0.4) is 0 Å². The molecule has 0 atom stereocenters. The van der Waals surface area contributed by atoms with Crippen LogP contribution in [0.15, 0.2) is 41.5 Å². The number of rotatable bonds is 6. The highest BCUT2D eigenvalue weighted by Crippen LogP contribution is 2.29. The first-order valence-electron chi connectivity index (χ1n) is 8.81. The number of nitrogens with one attached hydrogen (secondary N) is 1. The molecular weight excluding hydrogens is 364 g/mol. The normalized spacial score (nSPS) is 11.7. The molecule has 0 aliphatic heterocycles. The SMILES string of the molecule is CCCc1cnc(NS(=O)(=O)CC)nc1-c1cn(C)c(=O)c2ccccc12. The predicted molar refractivity (Wildman–Crippen MR) is 107 cm³/mol. The van der Waals surface area contributed by atoms with Gasteiger partial charge in [-0.15, -0.1) is 0 Å². The van der Waals surface area contributed by atoms with E-state index >= 15 is 0 Å². The van der Waals surface area contributed by atoms with Crippen molar-refractivity contribution in [2.75, 3.05) is 10.5 Å². The number of aromatic nitrogens is 3. The molecule has 8 heteroatoms. The molecule has 7 nitrogen and oxygen atoms in total. The highest BCUT2D eigenvalue weighted by atomic mass is 32.2. The molecule has 2 heterocycles. The molecule has 0 amide bonds. The van der Waals surface area contributed by atoms with Crippen molar-refractivity contribution < 1.29 is 8.42 Å². The summed E-state index contributed by atoms with van der Waals surface area (Å²) in [5.41, 5.74) is 2.22. The fourth-order valence-electron chi connectivity index (χ4n) is 2.96. The highest BCUT2D eigenvalue weighted by Gasteiger charge is 2.16. The van der Waals surface area contributed by atoms with Gasteiger partial charge in [-0.25, -0.2) is 18.4 Å². The average molecular weight is 386 g/mol. The molecule has 3 rings (SSSR count). The van der Waals surface area contributed by atoms with E-state index < -0.39 is 10.0 Å². The Morgan fingerprint density at radius 2 is 1.85 bits per heavy atom. The average Bonchev–Trinajstić information content (AvgIpc) is 2.66. The van der Waals surface area contributed by atoms with E-state index in [1.165, 1.54) is 4.57 Å². The van der Waals surface area contributed by atoms with Gasteiger partial charge in [-0.3, -0.25) is 9.52 Å². The van der Waals surface area contributed by atoms with E-state index in [0.717, 1.165) is 29.4 Å². The summed E-state index contributed by atoms with van der Waals surface area (Å²) in [7, 11) is -1.79. The van der Waals surface area contributed by atoms with Crippen molar-refractivity contribution >= 4 is 26.7 Å². The number of hydrogen-bond donors (Lipinski definition) is 1. The predicted octanol–water partition coefficient (Wildman–Crippen LogP) is 2.71. The lowest BCUT2D eigenvalue weighted by Gasteiger charge is -2.14. The van der Waals surface area contributed by atoms with Gasteiger partial charge < -0.3 is 4.57 Å². The Morgan fingerprint density at radius 1 is 1.15 bits per heavy atom. The molecule has 142 valence electrons. The van der Waals surface area contributed by atoms with Gasteiger partial charge in [0.1, 0.15) is 0 Å². The van der Waals surface area contributed by atoms with E-state index in [0.29, 0.717) is 11.1 Å². The van der Waals surface area contributed by atoms with Crippen molar-refractivity contribution in [3.05, 3.63) is 52.6 Å². The molecule has 2 aromatic heterocycles. The molecule has 0 bridgehead atoms. The Balaban J connectivity index is 2.28. The van der Waals surface area contributed by atoms with E-state index in [4.69, 9.17) is 0 Å². The Bertz CT molecular complexity index is 1150. The molecular formula is C19H22N4O3S. The van der Waals surface area contributed by atoms with Crippen LogP contribution in [-0.2, 0) is 23.5 Å². The Hall–Kier alpha value is -2.74.